The number of rotatable bonds is 7. The topological polar surface area (TPSA) is 18.5 Å². The minimum atomic E-state index is -0.0946. The van der Waals surface area contributed by atoms with E-state index < -0.39 is 0 Å². The lowest BCUT2D eigenvalue weighted by molar-refractivity contribution is -0.171. The summed E-state index contributed by atoms with van der Waals surface area (Å²) in [6, 6.07) is 0. The highest BCUT2D eigenvalue weighted by Crippen LogP contribution is 2.28. The third kappa shape index (κ3) is 5.39. The predicted molar refractivity (Wildman–Crippen MR) is 63.7 cm³/mol. The molecule has 1 rings (SSSR count). The summed E-state index contributed by atoms with van der Waals surface area (Å²) in [4.78, 5) is 0. The first-order valence-electron chi connectivity index (χ1n) is 5.73. The molecule has 4 heteroatoms. The van der Waals surface area contributed by atoms with E-state index in [2.05, 4.69) is 0 Å². The van der Waals surface area contributed by atoms with E-state index in [-0.39, 0.29) is 6.29 Å². The lowest BCUT2D eigenvalue weighted by Crippen LogP contribution is -2.30. The average Bonchev–Trinajstić information content (AvgIpc) is 2.30. The van der Waals surface area contributed by atoms with Gasteiger partial charge in [-0.2, -0.15) is 0 Å². The molecule has 0 radical (unpaired) electrons. The van der Waals surface area contributed by atoms with Gasteiger partial charge in [-0.05, 0) is 12.8 Å². The van der Waals surface area contributed by atoms with Gasteiger partial charge in [0.25, 0.3) is 0 Å². The van der Waals surface area contributed by atoms with Crippen molar-refractivity contribution in [2.75, 3.05) is 25.0 Å². The van der Waals surface area contributed by atoms with Gasteiger partial charge < -0.3 is 9.47 Å². The second-order valence-corrected chi connectivity index (χ2v) is 4.64. The van der Waals surface area contributed by atoms with Gasteiger partial charge in [0.05, 0.1) is 13.2 Å². The molecular formula is C11H20Cl2O2. The zero-order chi connectivity index (χ0) is 10.9. The van der Waals surface area contributed by atoms with E-state index in [0.29, 0.717) is 30.9 Å². The summed E-state index contributed by atoms with van der Waals surface area (Å²) >= 11 is 11.2. The van der Waals surface area contributed by atoms with Crippen molar-refractivity contribution < 1.29 is 9.47 Å². The van der Waals surface area contributed by atoms with Gasteiger partial charge in [-0.15, -0.1) is 23.2 Å². The largest absolute Gasteiger partial charge is 0.351 e. The smallest absolute Gasteiger partial charge is 0.160 e. The molecule has 2 nitrogen and oxygen atoms in total. The van der Waals surface area contributed by atoms with E-state index in [1.165, 1.54) is 32.1 Å². The first-order chi connectivity index (χ1) is 7.38. The van der Waals surface area contributed by atoms with Crippen LogP contribution >= 0.6 is 23.2 Å². The van der Waals surface area contributed by atoms with Crippen LogP contribution in [0, 0.1) is 5.92 Å². The van der Waals surface area contributed by atoms with Gasteiger partial charge in [0.15, 0.2) is 6.29 Å². The maximum Gasteiger partial charge on any atom is 0.160 e. The Morgan fingerprint density at radius 1 is 0.933 bits per heavy atom. The lowest BCUT2D eigenvalue weighted by Gasteiger charge is -2.29. The maximum absolute atomic E-state index is 5.62. The zero-order valence-corrected chi connectivity index (χ0v) is 10.6. The van der Waals surface area contributed by atoms with Crippen LogP contribution in [0.5, 0.6) is 0 Å². The van der Waals surface area contributed by atoms with Gasteiger partial charge in [0.1, 0.15) is 0 Å². The Morgan fingerprint density at radius 3 is 1.93 bits per heavy atom. The monoisotopic (exact) mass is 254 g/mol. The quantitative estimate of drug-likeness (QED) is 0.512. The fourth-order valence-corrected chi connectivity index (χ4v) is 2.23. The minimum absolute atomic E-state index is 0.0946. The van der Waals surface area contributed by atoms with Crippen LogP contribution in [0.15, 0.2) is 0 Å². The van der Waals surface area contributed by atoms with E-state index in [1.807, 2.05) is 0 Å². The summed E-state index contributed by atoms with van der Waals surface area (Å²) in [6.45, 7) is 1.12. The molecule has 0 amide bonds. The van der Waals surface area contributed by atoms with Crippen LogP contribution in [-0.2, 0) is 9.47 Å². The van der Waals surface area contributed by atoms with Crippen LogP contribution in [0.4, 0.5) is 0 Å². The second kappa shape index (κ2) is 8.63. The Balaban J connectivity index is 2.30. The molecule has 1 fully saturated rings. The standard InChI is InChI=1S/C11H20Cl2O2/c12-6-8-14-11(15-9-7-13)10-4-2-1-3-5-10/h10-11H,1-9H2. The van der Waals surface area contributed by atoms with E-state index in [4.69, 9.17) is 32.7 Å². The highest BCUT2D eigenvalue weighted by atomic mass is 35.5. The van der Waals surface area contributed by atoms with Gasteiger partial charge in [0, 0.05) is 17.7 Å². The molecule has 1 aliphatic rings. The number of halogens is 2. The van der Waals surface area contributed by atoms with Crippen molar-refractivity contribution in [3.05, 3.63) is 0 Å². The van der Waals surface area contributed by atoms with Crippen molar-refractivity contribution in [1.82, 2.24) is 0 Å². The van der Waals surface area contributed by atoms with E-state index >= 15 is 0 Å². The average molecular weight is 255 g/mol. The summed E-state index contributed by atoms with van der Waals surface area (Å²) in [5.41, 5.74) is 0. The highest BCUT2D eigenvalue weighted by Gasteiger charge is 2.24. The Bertz CT molecular complexity index is 142. The molecule has 0 aliphatic heterocycles. The van der Waals surface area contributed by atoms with E-state index in [9.17, 15) is 0 Å². The third-order valence-corrected chi connectivity index (χ3v) is 3.06. The molecule has 0 heterocycles. The molecule has 0 saturated heterocycles. The summed E-state index contributed by atoms with van der Waals surface area (Å²) in [5, 5.41) is 0. The summed E-state index contributed by atoms with van der Waals surface area (Å²) in [7, 11) is 0. The lowest BCUT2D eigenvalue weighted by atomic mass is 9.89. The van der Waals surface area contributed by atoms with Crippen molar-refractivity contribution in [1.29, 1.82) is 0 Å². The molecule has 0 aromatic heterocycles. The first kappa shape index (κ1) is 13.6. The first-order valence-corrected chi connectivity index (χ1v) is 6.80. The third-order valence-electron chi connectivity index (χ3n) is 2.75. The van der Waals surface area contributed by atoms with Gasteiger partial charge in [-0.3, -0.25) is 0 Å². The van der Waals surface area contributed by atoms with Gasteiger partial charge >= 0.3 is 0 Å². The molecule has 0 bridgehead atoms. The van der Waals surface area contributed by atoms with Crippen molar-refractivity contribution >= 4 is 23.2 Å². The van der Waals surface area contributed by atoms with Crippen LogP contribution in [-0.4, -0.2) is 31.3 Å². The zero-order valence-electron chi connectivity index (χ0n) is 9.09. The van der Waals surface area contributed by atoms with Crippen molar-refractivity contribution in [2.45, 2.75) is 38.4 Å². The molecule has 15 heavy (non-hydrogen) atoms. The maximum atomic E-state index is 5.62. The fourth-order valence-electron chi connectivity index (χ4n) is 2.05. The Morgan fingerprint density at radius 2 is 1.47 bits per heavy atom. The Hall–Kier alpha value is 0.500. The number of ether oxygens (including phenoxy) is 2. The highest BCUT2D eigenvalue weighted by molar-refractivity contribution is 6.18. The molecule has 0 unspecified atom stereocenters. The van der Waals surface area contributed by atoms with E-state index in [1.54, 1.807) is 0 Å². The predicted octanol–water partition coefficient (Wildman–Crippen LogP) is 3.40. The van der Waals surface area contributed by atoms with Crippen molar-refractivity contribution in [3.8, 4) is 0 Å². The Kier molecular flexibility index (Phi) is 7.80. The van der Waals surface area contributed by atoms with Crippen LogP contribution in [0.2, 0.25) is 0 Å². The normalized spacial score (nSPS) is 18.6. The molecule has 0 spiro atoms. The van der Waals surface area contributed by atoms with Crippen molar-refractivity contribution in [3.63, 3.8) is 0 Å². The second-order valence-electron chi connectivity index (χ2n) is 3.89. The van der Waals surface area contributed by atoms with Gasteiger partial charge in [-0.1, -0.05) is 19.3 Å². The van der Waals surface area contributed by atoms with Gasteiger partial charge in [0.2, 0.25) is 0 Å². The molecule has 0 aromatic carbocycles. The van der Waals surface area contributed by atoms with Crippen LogP contribution in [0.3, 0.4) is 0 Å². The molecule has 0 atom stereocenters. The molecule has 90 valence electrons. The molecular weight excluding hydrogens is 235 g/mol. The Labute approximate surface area is 102 Å². The van der Waals surface area contributed by atoms with Gasteiger partial charge in [-0.25, -0.2) is 0 Å². The van der Waals surface area contributed by atoms with Crippen molar-refractivity contribution in [2.24, 2.45) is 5.92 Å². The fraction of sp³-hybridized carbons (Fsp3) is 1.00. The number of hydrogen-bond acceptors (Lipinski definition) is 2. The summed E-state index contributed by atoms with van der Waals surface area (Å²) in [6.07, 6.45) is 6.23. The summed E-state index contributed by atoms with van der Waals surface area (Å²) < 4.78 is 11.2. The van der Waals surface area contributed by atoms with Crippen LogP contribution < -0.4 is 0 Å². The molecule has 1 aliphatic carbocycles. The molecule has 1 saturated carbocycles. The number of alkyl halides is 2. The molecule has 0 N–H and O–H groups in total. The van der Waals surface area contributed by atoms with Crippen LogP contribution in [0.1, 0.15) is 32.1 Å². The summed E-state index contributed by atoms with van der Waals surface area (Å²) in [5.74, 6) is 1.58. The van der Waals surface area contributed by atoms with E-state index in [0.717, 1.165) is 0 Å². The minimum Gasteiger partial charge on any atom is -0.351 e. The SMILES string of the molecule is ClCCOC(OCCCl)C1CCCCC1. The molecule has 0 aromatic rings. The van der Waals surface area contributed by atoms with Crippen LogP contribution in [0.25, 0.3) is 0 Å². The number of hydrogen-bond donors (Lipinski definition) is 0.